The molecule has 12 rings (SSSR count). The lowest BCUT2D eigenvalue weighted by molar-refractivity contribution is -0.159. The fraction of sp³-hybridized carbons (Fsp3) is 0.698. The number of ether oxygens (including phenoxy) is 8. The normalized spacial score (nSPS) is 41.8. The third-order valence-electron chi connectivity index (χ3n) is 18.1. The molecule has 32 nitrogen and oxygen atoms in total. The summed E-state index contributed by atoms with van der Waals surface area (Å²) < 4.78 is 161. The molecule has 12 heterocycles. The van der Waals surface area contributed by atoms with Crippen LogP contribution in [0.5, 0.6) is 0 Å². The first-order valence-electron chi connectivity index (χ1n) is 28.0. The average Bonchev–Trinajstić information content (AvgIpc) is 1.52. The lowest BCUT2D eigenvalue weighted by Crippen LogP contribution is -2.57. The van der Waals surface area contributed by atoms with Gasteiger partial charge in [0.1, 0.15) is 91.3 Å². The molecule has 0 radical (unpaired) electrons. The first-order chi connectivity index (χ1) is 41.1. The van der Waals surface area contributed by atoms with Crippen LogP contribution in [-0.2, 0) is 133 Å². The van der Waals surface area contributed by atoms with Gasteiger partial charge in [-0.2, -0.15) is 33.7 Å². The molecule has 8 bridgehead atoms. The van der Waals surface area contributed by atoms with Crippen molar-refractivity contribution in [3.05, 3.63) is 49.1 Å². The molecule has 0 aromatic rings. The van der Waals surface area contributed by atoms with E-state index >= 15 is 0 Å². The summed E-state index contributed by atoms with van der Waals surface area (Å²) in [4.78, 5) is 92.6. The van der Waals surface area contributed by atoms with E-state index in [-0.39, 0.29) is 54.7 Å². The van der Waals surface area contributed by atoms with Crippen LogP contribution in [0.2, 0.25) is 0 Å². The molecule has 12 saturated heterocycles. The van der Waals surface area contributed by atoms with Crippen LogP contribution in [0.25, 0.3) is 0 Å². The minimum atomic E-state index is -3.90. The van der Waals surface area contributed by atoms with Gasteiger partial charge < -0.3 is 59.2 Å². The first-order valence-corrected chi connectivity index (χ1v) is 33.8. The molecular formula is C53H70N4O28S4. The van der Waals surface area contributed by atoms with Crippen molar-refractivity contribution in [2.45, 2.75) is 192 Å². The number of carbonyl (C=O) groups is 8. The maximum atomic E-state index is 12.3. The van der Waals surface area contributed by atoms with Crippen LogP contribution in [0.4, 0.5) is 0 Å². The minimum Gasteiger partial charge on any atom is -0.457 e. The highest BCUT2D eigenvalue weighted by atomic mass is 32.2. The second-order valence-corrected chi connectivity index (χ2v) is 31.2. The molecule has 22 unspecified atom stereocenters. The van der Waals surface area contributed by atoms with Crippen LogP contribution in [0.15, 0.2) is 49.1 Å². The number of nitrogens with one attached hydrogen (secondary N) is 4. The average molecular weight is 1340 g/mol. The Labute approximate surface area is 512 Å². The van der Waals surface area contributed by atoms with Gasteiger partial charge in [-0.3, -0.25) is 55.1 Å². The SMILES string of the molecule is C=C(C)C(=O)NCC(=O)OC1C2C3OC1(C)CC3OS2(=O)=O.C=C(C)C(=O)NCC(=O)OC1C2CC3OS(=O)(=O)C1C3(C)O2.C=C(C)C(=O)NCC(=O)OC1C2OC3C(OS(=O)(=O)C13)C2C.C=CC(=O)NCC(=O)OC1C2C3OC1(C)C(C)C3(C)OS2(=O)=O. The van der Waals surface area contributed by atoms with Gasteiger partial charge in [-0.25, -0.2) is 0 Å². The minimum absolute atomic E-state index is 0.179. The van der Waals surface area contributed by atoms with Gasteiger partial charge in [0.25, 0.3) is 40.5 Å². The van der Waals surface area contributed by atoms with E-state index in [2.05, 4.69) is 47.6 Å². The predicted octanol–water partition coefficient (Wildman–Crippen LogP) is -2.90. The number of fused-ring (bicyclic) bond motifs is 4. The number of hydrogen-bond acceptors (Lipinski definition) is 28. The molecule has 12 aliphatic rings. The number of esters is 4. The van der Waals surface area contributed by atoms with Crippen LogP contribution < -0.4 is 21.3 Å². The van der Waals surface area contributed by atoms with Crippen molar-refractivity contribution in [1.29, 1.82) is 0 Å². The Balaban J connectivity index is 0.000000141. The summed E-state index contributed by atoms with van der Waals surface area (Å²) in [6, 6.07) is 0. The second-order valence-electron chi connectivity index (χ2n) is 24.4. The van der Waals surface area contributed by atoms with Gasteiger partial charge >= 0.3 is 23.9 Å². The Morgan fingerprint density at radius 1 is 0.528 bits per heavy atom. The topological polar surface area (TPSA) is 432 Å². The molecule has 4 N–H and O–H groups in total. The molecule has 36 heteroatoms. The number of hydrogen-bond donors (Lipinski definition) is 4. The molecule has 12 fully saturated rings. The summed E-state index contributed by atoms with van der Waals surface area (Å²) in [5.41, 5.74) is -2.97. The highest BCUT2D eigenvalue weighted by Crippen LogP contribution is 2.62. The summed E-state index contributed by atoms with van der Waals surface area (Å²) in [6.07, 6.45) is -6.38. The third-order valence-corrected chi connectivity index (χ3v) is 25.1. The Morgan fingerprint density at radius 3 is 1.57 bits per heavy atom. The molecule has 22 atom stereocenters. The Bertz CT molecular complexity index is 3500. The van der Waals surface area contributed by atoms with Gasteiger partial charge in [0.05, 0.1) is 6.10 Å². The number of rotatable bonds is 16. The van der Waals surface area contributed by atoms with Crippen molar-refractivity contribution < 1.29 is 127 Å². The van der Waals surface area contributed by atoms with E-state index in [0.29, 0.717) is 12.8 Å². The molecular weight excluding hydrogens is 1270 g/mol. The van der Waals surface area contributed by atoms with Crippen molar-refractivity contribution >= 4 is 88.0 Å². The Morgan fingerprint density at radius 2 is 1.03 bits per heavy atom. The van der Waals surface area contributed by atoms with Gasteiger partial charge in [0.15, 0.2) is 45.4 Å². The molecule has 0 spiro atoms. The zero-order valence-corrected chi connectivity index (χ0v) is 52.9. The van der Waals surface area contributed by atoms with E-state index in [0.717, 1.165) is 6.08 Å². The quantitative estimate of drug-likeness (QED) is 0.0521. The summed E-state index contributed by atoms with van der Waals surface area (Å²) in [5.74, 6) is -5.29. The van der Waals surface area contributed by atoms with E-state index in [1.807, 2.05) is 6.92 Å². The van der Waals surface area contributed by atoms with E-state index in [9.17, 15) is 72.0 Å². The van der Waals surface area contributed by atoms with Crippen LogP contribution in [-0.4, -0.2) is 224 Å². The fourth-order valence-electron chi connectivity index (χ4n) is 13.6. The molecule has 12 aliphatic heterocycles. The highest BCUT2D eigenvalue weighted by molar-refractivity contribution is 7.88. The largest absolute Gasteiger partial charge is 0.457 e. The molecule has 0 aromatic heterocycles. The maximum Gasteiger partial charge on any atom is 0.325 e. The van der Waals surface area contributed by atoms with Gasteiger partial charge in [-0.05, 0) is 54.5 Å². The van der Waals surface area contributed by atoms with Crippen molar-refractivity contribution in [3.8, 4) is 0 Å². The summed E-state index contributed by atoms with van der Waals surface area (Å²) in [7, 11) is -15.4. The van der Waals surface area contributed by atoms with Crippen LogP contribution in [0.1, 0.15) is 75.2 Å². The van der Waals surface area contributed by atoms with Crippen molar-refractivity contribution in [2.24, 2.45) is 11.8 Å². The molecule has 0 aromatic carbocycles. The lowest BCUT2D eigenvalue weighted by Gasteiger charge is -2.38. The summed E-state index contributed by atoms with van der Waals surface area (Å²) >= 11 is 0. The first kappa shape index (κ1) is 67.6. The van der Waals surface area contributed by atoms with Crippen LogP contribution >= 0.6 is 0 Å². The Hall–Kier alpha value is -5.80. The molecule has 494 valence electrons. The zero-order chi connectivity index (χ0) is 66.0. The fourth-order valence-corrected chi connectivity index (χ4v) is 21.4. The maximum absolute atomic E-state index is 12.3. The van der Waals surface area contributed by atoms with E-state index in [1.54, 1.807) is 34.6 Å². The van der Waals surface area contributed by atoms with Crippen molar-refractivity contribution in [2.75, 3.05) is 26.2 Å². The van der Waals surface area contributed by atoms with E-state index in [4.69, 9.17) is 54.6 Å². The van der Waals surface area contributed by atoms with Crippen molar-refractivity contribution in [3.63, 3.8) is 0 Å². The lowest BCUT2D eigenvalue weighted by atomic mass is 9.70. The van der Waals surface area contributed by atoms with Crippen LogP contribution in [0.3, 0.4) is 0 Å². The van der Waals surface area contributed by atoms with Crippen molar-refractivity contribution in [1.82, 2.24) is 21.3 Å². The van der Waals surface area contributed by atoms with Crippen LogP contribution in [0, 0.1) is 11.8 Å². The van der Waals surface area contributed by atoms with Gasteiger partial charge in [0.2, 0.25) is 23.6 Å². The standard InChI is InChI=1S/C14H19NO7S.3C13H17NO7S/c1-5-8(16)15-6-9(17)20-11-10-12-14(4,22-23(10,18)19)7(2)13(11,3)21-12;1-6(2)12(16)14-5-8(15)19-11-10-9-7(21-22(10,17)18)4-13(11,3)20-9;1-6(2)12(16)14-5-9(15)19-10-7-4-8-13(3,20-7)11(10)22(17,18)21-8;1-5(2)13(16)14-4-7(15)19-10-8-6(3)9-11(20-8)12(10)22(17,18)21-9/h5,7,10-12H,1,6H2,2-4H3,(H,15,16);7,9-11H,1,4-5H2,2-3H3,(H,14,16);7-8,10-11H,1,4-5H2,2-3H3,(H,14,16);6,8-12H,1,4H2,2-3H3,(H,14,16). The smallest absolute Gasteiger partial charge is 0.325 e. The Kier molecular flexibility index (Phi) is 17.8. The van der Waals surface area contributed by atoms with Gasteiger partial charge in [0, 0.05) is 41.4 Å². The molecule has 4 amide bonds. The number of carbonyl (C=O) groups excluding carboxylic acids is 8. The van der Waals surface area contributed by atoms with E-state index in [1.165, 1.54) is 20.8 Å². The predicted molar refractivity (Wildman–Crippen MR) is 297 cm³/mol. The molecule has 89 heavy (non-hydrogen) atoms. The van der Waals surface area contributed by atoms with Gasteiger partial charge in [-0.15, -0.1) is 0 Å². The summed E-state index contributed by atoms with van der Waals surface area (Å²) in [6.45, 7) is 27.1. The molecule has 0 aliphatic carbocycles. The summed E-state index contributed by atoms with van der Waals surface area (Å²) in [5, 5.41) is 5.25. The number of amides is 4. The highest BCUT2D eigenvalue weighted by Gasteiger charge is 2.81. The van der Waals surface area contributed by atoms with Gasteiger partial charge in [-0.1, -0.05) is 40.2 Å². The monoisotopic (exact) mass is 1340 g/mol. The zero-order valence-electron chi connectivity index (χ0n) is 49.6. The van der Waals surface area contributed by atoms with E-state index < -0.39 is 205 Å². The second kappa shape index (κ2) is 23.4. The molecule has 0 saturated carbocycles. The third kappa shape index (κ3) is 11.9.